The second-order valence-corrected chi connectivity index (χ2v) is 5.26. The number of nitrogens with two attached hydrogens (primary N) is 1. The molecule has 0 aliphatic carbocycles. The number of anilines is 1. The number of nitrogens with zero attached hydrogens (tertiary/aromatic N) is 2. The quantitative estimate of drug-likeness (QED) is 0.942. The zero-order valence-corrected chi connectivity index (χ0v) is 12.0. The van der Waals surface area contributed by atoms with E-state index in [1.807, 2.05) is 35.0 Å². The van der Waals surface area contributed by atoms with Gasteiger partial charge in [0.25, 0.3) is 0 Å². The Balaban J connectivity index is 2.08. The molecular formula is C13H16BrN3O. The van der Waals surface area contributed by atoms with Crippen LogP contribution >= 0.6 is 15.9 Å². The minimum Gasteiger partial charge on any atom is -0.487 e. The van der Waals surface area contributed by atoms with Gasteiger partial charge in [-0.2, -0.15) is 5.10 Å². The molecule has 2 rings (SSSR count). The summed E-state index contributed by atoms with van der Waals surface area (Å²) in [6.07, 6.45) is 0. The zero-order valence-electron chi connectivity index (χ0n) is 10.4. The van der Waals surface area contributed by atoms with Gasteiger partial charge in [0.05, 0.1) is 5.69 Å². The van der Waals surface area contributed by atoms with Crippen molar-refractivity contribution in [1.82, 2.24) is 9.78 Å². The first kappa shape index (κ1) is 13.0. The highest BCUT2D eigenvalue weighted by molar-refractivity contribution is 9.10. The third-order valence-electron chi connectivity index (χ3n) is 2.52. The van der Waals surface area contributed by atoms with Crippen molar-refractivity contribution in [1.29, 1.82) is 0 Å². The molecule has 0 spiro atoms. The van der Waals surface area contributed by atoms with Gasteiger partial charge in [0.15, 0.2) is 0 Å². The second-order valence-electron chi connectivity index (χ2n) is 4.34. The molecule has 0 saturated carbocycles. The van der Waals surface area contributed by atoms with Crippen LogP contribution in [-0.2, 0) is 6.61 Å². The number of benzene rings is 1. The van der Waals surface area contributed by atoms with Gasteiger partial charge in [-0.25, -0.2) is 0 Å². The van der Waals surface area contributed by atoms with Crippen molar-refractivity contribution in [3.8, 4) is 5.75 Å². The smallest absolute Gasteiger partial charge is 0.145 e. The first-order chi connectivity index (χ1) is 8.56. The van der Waals surface area contributed by atoms with Crippen LogP contribution < -0.4 is 10.5 Å². The Labute approximate surface area is 115 Å². The number of ether oxygens (including phenoxy) is 1. The monoisotopic (exact) mass is 309 g/mol. The first-order valence-corrected chi connectivity index (χ1v) is 6.58. The van der Waals surface area contributed by atoms with Crippen molar-refractivity contribution in [3.05, 3.63) is 40.5 Å². The van der Waals surface area contributed by atoms with E-state index in [9.17, 15) is 0 Å². The van der Waals surface area contributed by atoms with Crippen LogP contribution in [0.15, 0.2) is 34.8 Å². The van der Waals surface area contributed by atoms with Crippen LogP contribution in [0.5, 0.6) is 5.75 Å². The van der Waals surface area contributed by atoms with E-state index < -0.39 is 0 Å². The van der Waals surface area contributed by atoms with Gasteiger partial charge in [0, 0.05) is 16.6 Å². The first-order valence-electron chi connectivity index (χ1n) is 5.78. The van der Waals surface area contributed by atoms with E-state index in [2.05, 4.69) is 34.9 Å². The molecule has 0 aliphatic rings. The molecule has 0 bridgehead atoms. The summed E-state index contributed by atoms with van der Waals surface area (Å²) in [5, 5.41) is 4.24. The molecule has 0 aliphatic heterocycles. The van der Waals surface area contributed by atoms with E-state index in [0.29, 0.717) is 12.4 Å². The number of nitrogen functional groups attached to an aromatic ring is 1. The largest absolute Gasteiger partial charge is 0.487 e. The number of hydrogen-bond acceptors (Lipinski definition) is 3. The SMILES string of the molecule is CC(C)n1nc(N)cc1COc1ccc(Br)cc1. The van der Waals surface area contributed by atoms with Crippen molar-refractivity contribution in [3.63, 3.8) is 0 Å². The summed E-state index contributed by atoms with van der Waals surface area (Å²) in [4.78, 5) is 0. The van der Waals surface area contributed by atoms with Gasteiger partial charge in [-0.05, 0) is 38.1 Å². The average Bonchev–Trinajstić information content (AvgIpc) is 2.70. The van der Waals surface area contributed by atoms with Gasteiger partial charge in [0.1, 0.15) is 18.2 Å². The van der Waals surface area contributed by atoms with Crippen LogP contribution in [0, 0.1) is 0 Å². The Morgan fingerprint density at radius 1 is 1.33 bits per heavy atom. The molecule has 1 aromatic heterocycles. The lowest BCUT2D eigenvalue weighted by Gasteiger charge is -2.11. The minimum absolute atomic E-state index is 0.269. The predicted octanol–water partition coefficient (Wildman–Crippen LogP) is 3.39. The van der Waals surface area contributed by atoms with E-state index in [1.54, 1.807) is 0 Å². The summed E-state index contributed by atoms with van der Waals surface area (Å²) in [5.74, 6) is 1.35. The lowest BCUT2D eigenvalue weighted by atomic mass is 10.3. The summed E-state index contributed by atoms with van der Waals surface area (Å²) in [6, 6.07) is 9.85. The predicted molar refractivity (Wildman–Crippen MR) is 75.5 cm³/mol. The third kappa shape index (κ3) is 3.04. The van der Waals surface area contributed by atoms with E-state index in [4.69, 9.17) is 10.5 Å². The van der Waals surface area contributed by atoms with E-state index in [1.165, 1.54) is 0 Å². The highest BCUT2D eigenvalue weighted by Gasteiger charge is 2.09. The van der Waals surface area contributed by atoms with Crippen molar-refractivity contribution >= 4 is 21.7 Å². The summed E-state index contributed by atoms with van der Waals surface area (Å²) in [6.45, 7) is 4.59. The molecule has 2 aromatic rings. The average molecular weight is 310 g/mol. The highest BCUT2D eigenvalue weighted by Crippen LogP contribution is 2.19. The number of aromatic nitrogens is 2. The minimum atomic E-state index is 0.269. The van der Waals surface area contributed by atoms with Crippen molar-refractivity contribution in [2.45, 2.75) is 26.5 Å². The van der Waals surface area contributed by atoms with Crippen LogP contribution in [0.25, 0.3) is 0 Å². The summed E-state index contributed by atoms with van der Waals surface area (Å²) >= 11 is 3.39. The van der Waals surface area contributed by atoms with E-state index in [-0.39, 0.29) is 6.04 Å². The lowest BCUT2D eigenvalue weighted by molar-refractivity contribution is 0.287. The molecule has 1 aromatic carbocycles. The van der Waals surface area contributed by atoms with Gasteiger partial charge < -0.3 is 10.5 Å². The second kappa shape index (κ2) is 5.44. The summed E-state index contributed by atoms with van der Waals surface area (Å²) in [7, 11) is 0. The standard InChI is InChI=1S/C13H16BrN3O/c1-9(2)17-11(7-13(15)16-17)8-18-12-5-3-10(14)4-6-12/h3-7,9H,8H2,1-2H3,(H2,15,16). The Morgan fingerprint density at radius 3 is 2.61 bits per heavy atom. The van der Waals surface area contributed by atoms with Gasteiger partial charge in [-0.1, -0.05) is 15.9 Å². The fourth-order valence-electron chi connectivity index (χ4n) is 1.70. The van der Waals surface area contributed by atoms with Gasteiger partial charge in [-0.15, -0.1) is 0 Å². The number of hydrogen-bond donors (Lipinski definition) is 1. The summed E-state index contributed by atoms with van der Waals surface area (Å²) < 4.78 is 8.63. The Bertz CT molecular complexity index is 520. The van der Waals surface area contributed by atoms with Crippen LogP contribution in [-0.4, -0.2) is 9.78 Å². The molecule has 0 unspecified atom stereocenters. The number of rotatable bonds is 4. The fraction of sp³-hybridized carbons (Fsp3) is 0.308. The molecule has 0 radical (unpaired) electrons. The molecule has 0 saturated heterocycles. The fourth-order valence-corrected chi connectivity index (χ4v) is 1.96. The van der Waals surface area contributed by atoms with Gasteiger partial charge in [0.2, 0.25) is 0 Å². The number of halogens is 1. The maximum atomic E-state index is 5.71. The van der Waals surface area contributed by atoms with Crippen LogP contribution in [0.3, 0.4) is 0 Å². The highest BCUT2D eigenvalue weighted by atomic mass is 79.9. The molecular weight excluding hydrogens is 294 g/mol. The summed E-state index contributed by atoms with van der Waals surface area (Å²) in [5.41, 5.74) is 6.69. The Morgan fingerprint density at radius 2 is 2.00 bits per heavy atom. The van der Waals surface area contributed by atoms with Gasteiger partial charge in [-0.3, -0.25) is 4.68 Å². The molecule has 5 heteroatoms. The normalized spacial score (nSPS) is 10.9. The Kier molecular flexibility index (Phi) is 3.91. The van der Waals surface area contributed by atoms with Crippen molar-refractivity contribution in [2.75, 3.05) is 5.73 Å². The molecule has 0 amide bonds. The molecule has 0 atom stereocenters. The molecule has 0 fully saturated rings. The van der Waals surface area contributed by atoms with E-state index in [0.717, 1.165) is 15.9 Å². The van der Waals surface area contributed by atoms with Crippen LogP contribution in [0.4, 0.5) is 5.82 Å². The Hall–Kier alpha value is -1.49. The third-order valence-corrected chi connectivity index (χ3v) is 3.05. The van der Waals surface area contributed by atoms with Crippen molar-refractivity contribution < 1.29 is 4.74 Å². The molecule has 96 valence electrons. The van der Waals surface area contributed by atoms with Crippen LogP contribution in [0.2, 0.25) is 0 Å². The molecule has 18 heavy (non-hydrogen) atoms. The lowest BCUT2D eigenvalue weighted by Crippen LogP contribution is -2.10. The zero-order chi connectivity index (χ0) is 13.1. The molecule has 1 heterocycles. The maximum Gasteiger partial charge on any atom is 0.145 e. The maximum absolute atomic E-state index is 5.71. The molecule has 4 nitrogen and oxygen atoms in total. The van der Waals surface area contributed by atoms with E-state index >= 15 is 0 Å². The topological polar surface area (TPSA) is 53.1 Å². The van der Waals surface area contributed by atoms with Crippen molar-refractivity contribution in [2.24, 2.45) is 0 Å². The van der Waals surface area contributed by atoms with Gasteiger partial charge >= 0.3 is 0 Å². The van der Waals surface area contributed by atoms with Crippen LogP contribution in [0.1, 0.15) is 25.6 Å². The molecule has 2 N–H and O–H groups in total.